The Morgan fingerprint density at radius 1 is 1.25 bits per heavy atom. The summed E-state index contributed by atoms with van der Waals surface area (Å²) in [6.07, 6.45) is 4.63. The zero-order chi connectivity index (χ0) is 11.4. The van der Waals surface area contributed by atoms with Gasteiger partial charge in [0.15, 0.2) is 0 Å². The van der Waals surface area contributed by atoms with Crippen LogP contribution in [-0.2, 0) is 6.54 Å². The first-order chi connectivity index (χ1) is 7.77. The minimum absolute atomic E-state index is 0.139. The molecule has 3 heteroatoms. The Balaban J connectivity index is 1.89. The monoisotopic (exact) mass is 222 g/mol. The summed E-state index contributed by atoms with van der Waals surface area (Å²) in [4.78, 5) is 0. The molecule has 2 nitrogen and oxygen atoms in total. The maximum absolute atomic E-state index is 13.4. The quantitative estimate of drug-likeness (QED) is 0.822. The lowest BCUT2D eigenvalue weighted by molar-refractivity contribution is 0.325. The van der Waals surface area contributed by atoms with Crippen LogP contribution in [0, 0.1) is 5.82 Å². The summed E-state index contributed by atoms with van der Waals surface area (Å²) in [6, 6.07) is 7.45. The van der Waals surface area contributed by atoms with Gasteiger partial charge in [-0.3, -0.25) is 0 Å². The highest BCUT2D eigenvalue weighted by atomic mass is 19.1. The first-order valence-electron chi connectivity index (χ1n) is 6.00. The van der Waals surface area contributed by atoms with Gasteiger partial charge in [0.2, 0.25) is 0 Å². The SMILES string of the molecule is NC1CCCCC1NCc1ccccc1F. The molecular weight excluding hydrogens is 203 g/mol. The van der Waals surface area contributed by atoms with Crippen molar-refractivity contribution in [3.63, 3.8) is 0 Å². The molecule has 1 aliphatic carbocycles. The van der Waals surface area contributed by atoms with Crippen LogP contribution in [0.5, 0.6) is 0 Å². The molecule has 3 N–H and O–H groups in total. The molecule has 1 fully saturated rings. The molecule has 2 atom stereocenters. The first-order valence-corrected chi connectivity index (χ1v) is 6.00. The van der Waals surface area contributed by atoms with Crippen LogP contribution in [-0.4, -0.2) is 12.1 Å². The van der Waals surface area contributed by atoms with E-state index in [-0.39, 0.29) is 11.9 Å². The van der Waals surface area contributed by atoms with Gasteiger partial charge in [0, 0.05) is 24.2 Å². The molecule has 0 aliphatic heterocycles. The standard InChI is InChI=1S/C13H19FN2/c14-11-6-2-1-5-10(11)9-16-13-8-4-3-7-12(13)15/h1-2,5-6,12-13,16H,3-4,7-9,15H2. The maximum Gasteiger partial charge on any atom is 0.127 e. The third-order valence-electron chi connectivity index (χ3n) is 3.33. The van der Waals surface area contributed by atoms with Gasteiger partial charge in [-0.1, -0.05) is 31.0 Å². The highest BCUT2D eigenvalue weighted by Gasteiger charge is 2.21. The van der Waals surface area contributed by atoms with Crippen LogP contribution in [0.15, 0.2) is 24.3 Å². The third-order valence-corrected chi connectivity index (χ3v) is 3.33. The van der Waals surface area contributed by atoms with Crippen molar-refractivity contribution in [2.24, 2.45) is 5.73 Å². The van der Waals surface area contributed by atoms with E-state index in [1.807, 2.05) is 12.1 Å². The molecule has 88 valence electrons. The fourth-order valence-corrected chi connectivity index (χ4v) is 2.30. The zero-order valence-electron chi connectivity index (χ0n) is 9.45. The second-order valence-electron chi connectivity index (χ2n) is 4.53. The second kappa shape index (κ2) is 5.41. The van der Waals surface area contributed by atoms with Gasteiger partial charge in [-0.25, -0.2) is 4.39 Å². The van der Waals surface area contributed by atoms with Crippen LogP contribution < -0.4 is 11.1 Å². The highest BCUT2D eigenvalue weighted by Crippen LogP contribution is 2.17. The average Bonchev–Trinajstić information content (AvgIpc) is 2.30. The van der Waals surface area contributed by atoms with Gasteiger partial charge in [0.05, 0.1) is 0 Å². The molecule has 2 rings (SSSR count). The number of nitrogens with two attached hydrogens (primary N) is 1. The largest absolute Gasteiger partial charge is 0.326 e. The van der Waals surface area contributed by atoms with Gasteiger partial charge in [-0.2, -0.15) is 0 Å². The Hall–Kier alpha value is -0.930. The van der Waals surface area contributed by atoms with Crippen LogP contribution in [0.4, 0.5) is 4.39 Å². The molecule has 1 aliphatic rings. The Morgan fingerprint density at radius 3 is 2.75 bits per heavy atom. The fraction of sp³-hybridized carbons (Fsp3) is 0.538. The molecule has 0 spiro atoms. The molecule has 1 aromatic carbocycles. The number of halogens is 1. The summed E-state index contributed by atoms with van der Waals surface area (Å²) < 4.78 is 13.4. The van der Waals surface area contributed by atoms with Crippen LogP contribution >= 0.6 is 0 Å². The Kier molecular flexibility index (Phi) is 3.91. The van der Waals surface area contributed by atoms with Crippen molar-refractivity contribution in [3.8, 4) is 0 Å². The fourth-order valence-electron chi connectivity index (χ4n) is 2.30. The zero-order valence-corrected chi connectivity index (χ0v) is 9.45. The number of hydrogen-bond donors (Lipinski definition) is 2. The minimum atomic E-state index is -0.139. The number of benzene rings is 1. The van der Waals surface area contributed by atoms with Crippen molar-refractivity contribution in [2.75, 3.05) is 0 Å². The minimum Gasteiger partial charge on any atom is -0.326 e. The van der Waals surface area contributed by atoms with Crippen molar-refractivity contribution in [3.05, 3.63) is 35.6 Å². The lowest BCUT2D eigenvalue weighted by Gasteiger charge is -2.29. The van der Waals surface area contributed by atoms with E-state index < -0.39 is 0 Å². The van der Waals surface area contributed by atoms with Crippen LogP contribution in [0.2, 0.25) is 0 Å². The van der Waals surface area contributed by atoms with E-state index in [2.05, 4.69) is 5.32 Å². The van der Waals surface area contributed by atoms with E-state index in [0.717, 1.165) is 18.4 Å². The van der Waals surface area contributed by atoms with Crippen LogP contribution in [0.3, 0.4) is 0 Å². The van der Waals surface area contributed by atoms with Gasteiger partial charge in [0.1, 0.15) is 5.82 Å². The van der Waals surface area contributed by atoms with Crippen LogP contribution in [0.1, 0.15) is 31.2 Å². The molecule has 0 heterocycles. The molecule has 0 bridgehead atoms. The predicted octanol–water partition coefficient (Wildman–Crippen LogP) is 2.19. The van der Waals surface area contributed by atoms with E-state index in [4.69, 9.17) is 5.73 Å². The topological polar surface area (TPSA) is 38.0 Å². The summed E-state index contributed by atoms with van der Waals surface area (Å²) in [6.45, 7) is 0.574. The summed E-state index contributed by atoms with van der Waals surface area (Å²) >= 11 is 0. The van der Waals surface area contributed by atoms with E-state index in [1.165, 1.54) is 18.9 Å². The maximum atomic E-state index is 13.4. The van der Waals surface area contributed by atoms with Gasteiger partial charge in [-0.15, -0.1) is 0 Å². The normalized spacial score (nSPS) is 25.6. The van der Waals surface area contributed by atoms with Gasteiger partial charge >= 0.3 is 0 Å². The smallest absolute Gasteiger partial charge is 0.127 e. The Morgan fingerprint density at radius 2 is 2.00 bits per heavy atom. The van der Waals surface area contributed by atoms with E-state index >= 15 is 0 Å². The average molecular weight is 222 g/mol. The molecule has 1 saturated carbocycles. The van der Waals surface area contributed by atoms with E-state index in [0.29, 0.717) is 12.6 Å². The summed E-state index contributed by atoms with van der Waals surface area (Å²) in [5.74, 6) is -0.139. The summed E-state index contributed by atoms with van der Waals surface area (Å²) in [5, 5.41) is 3.36. The predicted molar refractivity (Wildman–Crippen MR) is 63.5 cm³/mol. The van der Waals surface area contributed by atoms with Crippen molar-refractivity contribution in [1.82, 2.24) is 5.32 Å². The number of nitrogens with one attached hydrogen (secondary N) is 1. The lowest BCUT2D eigenvalue weighted by Crippen LogP contribution is -2.46. The first kappa shape index (κ1) is 11.6. The molecule has 2 unspecified atom stereocenters. The molecule has 0 aromatic heterocycles. The summed E-state index contributed by atoms with van der Waals surface area (Å²) in [5.41, 5.74) is 6.75. The Bertz CT molecular complexity index is 340. The van der Waals surface area contributed by atoms with Crippen molar-refractivity contribution in [2.45, 2.75) is 44.3 Å². The van der Waals surface area contributed by atoms with Crippen molar-refractivity contribution >= 4 is 0 Å². The third kappa shape index (κ3) is 2.80. The molecule has 16 heavy (non-hydrogen) atoms. The van der Waals surface area contributed by atoms with E-state index in [1.54, 1.807) is 6.07 Å². The van der Waals surface area contributed by atoms with E-state index in [9.17, 15) is 4.39 Å². The molecule has 0 radical (unpaired) electrons. The van der Waals surface area contributed by atoms with Crippen molar-refractivity contribution < 1.29 is 4.39 Å². The van der Waals surface area contributed by atoms with Gasteiger partial charge in [0.25, 0.3) is 0 Å². The lowest BCUT2D eigenvalue weighted by atomic mass is 9.91. The molecule has 0 amide bonds. The van der Waals surface area contributed by atoms with Gasteiger partial charge < -0.3 is 11.1 Å². The van der Waals surface area contributed by atoms with Crippen molar-refractivity contribution in [1.29, 1.82) is 0 Å². The second-order valence-corrected chi connectivity index (χ2v) is 4.53. The molecule has 0 saturated heterocycles. The number of hydrogen-bond acceptors (Lipinski definition) is 2. The summed E-state index contributed by atoms with van der Waals surface area (Å²) in [7, 11) is 0. The van der Waals surface area contributed by atoms with Crippen LogP contribution in [0.25, 0.3) is 0 Å². The van der Waals surface area contributed by atoms with Gasteiger partial charge in [-0.05, 0) is 18.9 Å². The number of rotatable bonds is 3. The Labute approximate surface area is 96.0 Å². The highest BCUT2D eigenvalue weighted by molar-refractivity contribution is 5.17. The molecule has 1 aromatic rings. The molecular formula is C13H19FN2.